The first-order chi connectivity index (χ1) is 19.5. The Labute approximate surface area is 235 Å². The van der Waals surface area contributed by atoms with E-state index in [9.17, 15) is 9.18 Å². The highest BCUT2D eigenvalue weighted by Gasteiger charge is 2.22. The Kier molecular flexibility index (Phi) is 7.19. The van der Waals surface area contributed by atoms with Crippen LogP contribution in [0.25, 0.3) is 22.3 Å². The smallest absolute Gasteiger partial charge is 0.260 e. The van der Waals surface area contributed by atoms with Gasteiger partial charge in [0.05, 0.1) is 5.69 Å². The van der Waals surface area contributed by atoms with Crippen molar-refractivity contribution in [2.75, 3.05) is 41.7 Å². The summed E-state index contributed by atoms with van der Waals surface area (Å²) in [5, 5.41) is 10.2. The SMILES string of the molecule is CCn1c2c(cc(-c3ccc(-c4cncnc4)cc3Cl)c1=O)C=NC(Nc1ccc(N3CCNCC3)c(F)c1)N2. The van der Waals surface area contributed by atoms with Crippen LogP contribution in [-0.4, -0.2) is 53.2 Å². The van der Waals surface area contributed by atoms with Crippen molar-refractivity contribution in [1.82, 2.24) is 19.9 Å². The summed E-state index contributed by atoms with van der Waals surface area (Å²) in [5.74, 6) is 0.348. The molecule has 2 aromatic carbocycles. The molecule has 0 amide bonds. The first-order valence-electron chi connectivity index (χ1n) is 13.2. The summed E-state index contributed by atoms with van der Waals surface area (Å²) in [6, 6.07) is 12.5. The summed E-state index contributed by atoms with van der Waals surface area (Å²) in [4.78, 5) is 28.3. The van der Waals surface area contributed by atoms with Crippen LogP contribution < -0.4 is 26.4 Å². The van der Waals surface area contributed by atoms with E-state index >= 15 is 0 Å². The predicted molar refractivity (Wildman–Crippen MR) is 158 cm³/mol. The number of hydrogen-bond acceptors (Lipinski definition) is 8. The van der Waals surface area contributed by atoms with E-state index in [0.29, 0.717) is 39.9 Å². The minimum atomic E-state index is -0.573. The van der Waals surface area contributed by atoms with E-state index in [1.54, 1.807) is 35.3 Å². The first-order valence-corrected chi connectivity index (χ1v) is 13.5. The van der Waals surface area contributed by atoms with Crippen LogP contribution in [0.5, 0.6) is 0 Å². The number of halogens is 2. The molecule has 0 aliphatic carbocycles. The maximum absolute atomic E-state index is 14.9. The minimum absolute atomic E-state index is 0.174. The number of aliphatic imine (C=N–C) groups is 1. The lowest BCUT2D eigenvalue weighted by Gasteiger charge is -2.30. The summed E-state index contributed by atoms with van der Waals surface area (Å²) in [6.07, 6.45) is 6.04. The predicted octanol–water partition coefficient (Wildman–Crippen LogP) is 4.43. The number of piperazine rings is 1. The van der Waals surface area contributed by atoms with Crippen molar-refractivity contribution in [2.45, 2.75) is 19.8 Å². The van der Waals surface area contributed by atoms with E-state index < -0.39 is 6.29 Å². The molecule has 2 aliphatic heterocycles. The Hall–Kier alpha value is -4.28. The molecule has 1 fully saturated rings. The average molecular weight is 559 g/mol. The molecular weight excluding hydrogens is 531 g/mol. The van der Waals surface area contributed by atoms with Gasteiger partial charge in [-0.2, -0.15) is 0 Å². The lowest BCUT2D eigenvalue weighted by molar-refractivity contribution is 0.566. The van der Waals surface area contributed by atoms with E-state index in [0.717, 1.165) is 42.9 Å². The highest BCUT2D eigenvalue weighted by atomic mass is 35.5. The maximum atomic E-state index is 14.9. The number of nitrogens with zero attached hydrogens (tertiary/aromatic N) is 5. The van der Waals surface area contributed by atoms with Gasteiger partial charge in [-0.1, -0.05) is 23.7 Å². The number of anilines is 3. The fourth-order valence-electron chi connectivity index (χ4n) is 5.12. The second kappa shape index (κ2) is 11.1. The summed E-state index contributed by atoms with van der Waals surface area (Å²) in [7, 11) is 0. The van der Waals surface area contributed by atoms with Gasteiger partial charge in [0.1, 0.15) is 18.0 Å². The van der Waals surface area contributed by atoms with Crippen LogP contribution in [0.2, 0.25) is 5.02 Å². The molecule has 1 unspecified atom stereocenters. The van der Waals surface area contributed by atoms with E-state index in [4.69, 9.17) is 11.6 Å². The average Bonchev–Trinajstić information content (AvgIpc) is 2.98. The van der Waals surface area contributed by atoms with Crippen molar-refractivity contribution in [3.05, 3.63) is 87.9 Å². The minimum Gasteiger partial charge on any atom is -0.367 e. The molecule has 0 bridgehead atoms. The lowest BCUT2D eigenvalue weighted by atomic mass is 10.0. The van der Waals surface area contributed by atoms with E-state index in [1.807, 2.05) is 36.1 Å². The highest BCUT2D eigenvalue weighted by molar-refractivity contribution is 6.33. The van der Waals surface area contributed by atoms with Crippen LogP contribution in [0.3, 0.4) is 0 Å². The number of hydrogen-bond donors (Lipinski definition) is 3. The van der Waals surface area contributed by atoms with Gasteiger partial charge in [-0.3, -0.25) is 9.36 Å². The molecule has 11 heteroatoms. The molecule has 0 spiro atoms. The third-order valence-corrected chi connectivity index (χ3v) is 7.45. The molecule has 2 aliphatic rings. The number of aromatic nitrogens is 3. The number of rotatable bonds is 6. The number of nitrogens with one attached hydrogen (secondary N) is 3. The standard InChI is InChI=1S/C29H28ClFN8O/c1-2-39-27-19(11-23(28(39)40)22-5-3-18(12-24(22)30)20-14-33-17-34-15-20)16-35-29(37-27)36-21-4-6-26(25(31)13-21)38-9-7-32-8-10-38/h3-6,11-17,29,32,36-37H,2,7-10H2,1H3. The molecule has 2 aromatic heterocycles. The Bertz CT molecular complexity index is 1640. The maximum Gasteiger partial charge on any atom is 0.260 e. The van der Waals surface area contributed by atoms with Crippen LogP contribution in [0.1, 0.15) is 12.5 Å². The van der Waals surface area contributed by atoms with E-state index in [1.165, 1.54) is 12.4 Å². The summed E-state index contributed by atoms with van der Waals surface area (Å²) in [6.45, 7) is 5.55. The second-order valence-electron chi connectivity index (χ2n) is 9.61. The number of fused-ring (bicyclic) bond motifs is 1. The summed E-state index contributed by atoms with van der Waals surface area (Å²) >= 11 is 6.67. The molecule has 0 radical (unpaired) electrons. The second-order valence-corrected chi connectivity index (χ2v) is 10.0. The Morgan fingerprint density at radius 1 is 1.05 bits per heavy atom. The van der Waals surface area contributed by atoms with Gasteiger partial charge in [-0.25, -0.2) is 19.4 Å². The summed E-state index contributed by atoms with van der Waals surface area (Å²) in [5.41, 5.74) is 4.56. The van der Waals surface area contributed by atoms with Crippen LogP contribution in [0.15, 0.2) is 71.0 Å². The topological polar surface area (TPSA) is 99.5 Å². The molecular formula is C29H28ClFN8O. The zero-order valence-electron chi connectivity index (χ0n) is 21.9. The highest BCUT2D eigenvalue weighted by Crippen LogP contribution is 2.33. The van der Waals surface area contributed by atoms with Crippen molar-refractivity contribution in [3.63, 3.8) is 0 Å². The molecule has 40 heavy (non-hydrogen) atoms. The van der Waals surface area contributed by atoms with Gasteiger partial charge in [0.2, 0.25) is 0 Å². The molecule has 4 heterocycles. The van der Waals surface area contributed by atoms with Gasteiger partial charge in [-0.15, -0.1) is 0 Å². The van der Waals surface area contributed by atoms with E-state index in [2.05, 4.69) is 30.9 Å². The molecule has 3 N–H and O–H groups in total. The Morgan fingerprint density at radius 3 is 2.58 bits per heavy atom. The quantitative estimate of drug-likeness (QED) is 0.322. The van der Waals surface area contributed by atoms with Gasteiger partial charge in [0.25, 0.3) is 5.56 Å². The molecule has 1 saturated heterocycles. The Morgan fingerprint density at radius 2 is 1.85 bits per heavy atom. The third kappa shape index (κ3) is 5.03. The van der Waals surface area contributed by atoms with Crippen LogP contribution in [0, 0.1) is 5.82 Å². The van der Waals surface area contributed by atoms with Gasteiger partial charge < -0.3 is 20.9 Å². The van der Waals surface area contributed by atoms with Gasteiger partial charge in [0.15, 0.2) is 6.29 Å². The van der Waals surface area contributed by atoms with Gasteiger partial charge in [0, 0.05) is 84.3 Å². The normalized spacial score (nSPS) is 16.4. The molecule has 6 rings (SSSR count). The van der Waals surface area contributed by atoms with Crippen LogP contribution in [0.4, 0.5) is 21.6 Å². The number of pyridine rings is 1. The molecule has 4 aromatic rings. The molecule has 1 atom stereocenters. The van der Waals surface area contributed by atoms with Crippen LogP contribution >= 0.6 is 11.6 Å². The van der Waals surface area contributed by atoms with Gasteiger partial charge >= 0.3 is 0 Å². The largest absolute Gasteiger partial charge is 0.367 e. The molecule has 9 nitrogen and oxygen atoms in total. The monoisotopic (exact) mass is 558 g/mol. The van der Waals surface area contributed by atoms with E-state index in [-0.39, 0.29) is 11.4 Å². The third-order valence-electron chi connectivity index (χ3n) is 7.13. The van der Waals surface area contributed by atoms with Crippen molar-refractivity contribution in [1.29, 1.82) is 0 Å². The zero-order chi connectivity index (χ0) is 27.6. The van der Waals surface area contributed by atoms with Gasteiger partial charge in [-0.05, 0) is 42.8 Å². The fourth-order valence-corrected chi connectivity index (χ4v) is 5.40. The van der Waals surface area contributed by atoms with Crippen molar-refractivity contribution in [2.24, 2.45) is 4.99 Å². The lowest BCUT2D eigenvalue weighted by Crippen LogP contribution is -2.43. The zero-order valence-corrected chi connectivity index (χ0v) is 22.6. The molecule has 204 valence electrons. The van der Waals surface area contributed by atoms with Crippen molar-refractivity contribution >= 4 is 35.0 Å². The Balaban J connectivity index is 1.26. The first kappa shape index (κ1) is 26.0. The van der Waals surface area contributed by atoms with Crippen molar-refractivity contribution in [3.8, 4) is 22.3 Å². The van der Waals surface area contributed by atoms with Crippen LogP contribution in [-0.2, 0) is 6.54 Å². The molecule has 0 saturated carbocycles. The summed E-state index contributed by atoms with van der Waals surface area (Å²) < 4.78 is 16.6. The van der Waals surface area contributed by atoms with Crippen molar-refractivity contribution < 1.29 is 4.39 Å². The fraction of sp³-hybridized carbons (Fsp3) is 0.241. The number of benzene rings is 2.